The predicted octanol–water partition coefficient (Wildman–Crippen LogP) is 3.80. The van der Waals surface area contributed by atoms with Gasteiger partial charge in [0.1, 0.15) is 0 Å². The summed E-state index contributed by atoms with van der Waals surface area (Å²) in [6.07, 6.45) is 7.73. The Morgan fingerprint density at radius 2 is 1.76 bits per heavy atom. The summed E-state index contributed by atoms with van der Waals surface area (Å²) in [4.78, 5) is 38.2. The van der Waals surface area contributed by atoms with Crippen molar-refractivity contribution in [2.45, 2.75) is 33.6 Å². The predicted molar refractivity (Wildman–Crippen MR) is 123 cm³/mol. The summed E-state index contributed by atoms with van der Waals surface area (Å²) in [6.45, 7) is 6.01. The van der Waals surface area contributed by atoms with Crippen LogP contribution in [0.15, 0.2) is 47.6 Å². The van der Waals surface area contributed by atoms with Crippen molar-refractivity contribution in [1.82, 2.24) is 9.58 Å². The lowest BCUT2D eigenvalue weighted by molar-refractivity contribution is -0.140. The van der Waals surface area contributed by atoms with E-state index in [4.69, 9.17) is 4.74 Å². The maximum absolute atomic E-state index is 13.0. The molecule has 4 atom stereocenters. The number of ether oxygens (including phenoxy) is 1. The van der Waals surface area contributed by atoms with Crippen molar-refractivity contribution in [3.8, 4) is 5.69 Å². The Kier molecular flexibility index (Phi) is 5.27. The summed E-state index contributed by atoms with van der Waals surface area (Å²) >= 11 is 0. The quantitative estimate of drug-likeness (QED) is 0.303. The van der Waals surface area contributed by atoms with Crippen LogP contribution in [-0.4, -0.2) is 40.2 Å². The van der Waals surface area contributed by atoms with E-state index in [0.29, 0.717) is 12.2 Å². The van der Waals surface area contributed by atoms with Gasteiger partial charge in [-0.25, -0.2) is 4.79 Å². The van der Waals surface area contributed by atoms with E-state index in [1.54, 1.807) is 25.3 Å². The van der Waals surface area contributed by atoms with Crippen molar-refractivity contribution in [3.63, 3.8) is 0 Å². The van der Waals surface area contributed by atoms with Crippen LogP contribution in [0.5, 0.6) is 0 Å². The summed E-state index contributed by atoms with van der Waals surface area (Å²) in [7, 11) is 0. The number of nitrogens with zero attached hydrogens (tertiary/aromatic N) is 3. The van der Waals surface area contributed by atoms with Crippen LogP contribution in [0.4, 0.5) is 0 Å². The zero-order valence-electron chi connectivity index (χ0n) is 19.0. The molecule has 2 aromatic rings. The van der Waals surface area contributed by atoms with Crippen LogP contribution in [0.2, 0.25) is 0 Å². The number of aromatic nitrogens is 1. The minimum absolute atomic E-state index is 0.147. The Hall–Kier alpha value is -3.48. The van der Waals surface area contributed by atoms with Crippen molar-refractivity contribution in [1.29, 1.82) is 0 Å². The molecule has 0 unspecified atom stereocenters. The van der Waals surface area contributed by atoms with Crippen LogP contribution in [-0.2, 0) is 14.3 Å². The number of allylic oxidation sites excluding steroid dienone is 2. The molecule has 2 heterocycles. The third-order valence-electron chi connectivity index (χ3n) is 7.13. The number of amides is 2. The van der Waals surface area contributed by atoms with E-state index >= 15 is 0 Å². The number of hydrazone groups is 1. The number of fused-ring (bicyclic) bond motifs is 1. The Morgan fingerprint density at radius 3 is 2.36 bits per heavy atom. The number of aryl methyl sites for hydroxylation is 1. The van der Waals surface area contributed by atoms with E-state index in [-0.39, 0.29) is 41.5 Å². The lowest BCUT2D eigenvalue weighted by atomic mass is 9.63. The molecule has 6 rings (SSSR count). The van der Waals surface area contributed by atoms with Gasteiger partial charge in [0.25, 0.3) is 11.8 Å². The normalized spacial score (nSPS) is 25.8. The van der Waals surface area contributed by atoms with E-state index in [1.165, 1.54) is 0 Å². The summed E-state index contributed by atoms with van der Waals surface area (Å²) in [5, 5.41) is 5.43. The van der Waals surface area contributed by atoms with Gasteiger partial charge in [0.2, 0.25) is 0 Å². The molecule has 7 nitrogen and oxygen atoms in total. The topological polar surface area (TPSA) is 81.0 Å². The van der Waals surface area contributed by atoms with Crippen LogP contribution < -0.4 is 0 Å². The second kappa shape index (κ2) is 8.14. The molecule has 1 saturated heterocycles. The molecule has 2 fully saturated rings. The number of rotatable bonds is 5. The highest BCUT2D eigenvalue weighted by Crippen LogP contribution is 2.49. The molecule has 2 bridgehead atoms. The zero-order valence-corrected chi connectivity index (χ0v) is 19.0. The monoisotopic (exact) mass is 445 g/mol. The number of imide groups is 1. The fourth-order valence-electron chi connectivity index (χ4n) is 5.59. The van der Waals surface area contributed by atoms with E-state index in [9.17, 15) is 14.4 Å². The van der Waals surface area contributed by atoms with Crippen LogP contribution in [0.3, 0.4) is 0 Å². The molecule has 7 heteroatoms. The number of hydrogen-bond donors (Lipinski definition) is 0. The second-order valence-electron chi connectivity index (χ2n) is 9.01. The molecule has 0 radical (unpaired) electrons. The Bertz CT molecular complexity index is 1180. The third kappa shape index (κ3) is 3.43. The molecule has 4 aliphatic rings. The van der Waals surface area contributed by atoms with Crippen molar-refractivity contribution in [2.75, 3.05) is 6.61 Å². The zero-order chi connectivity index (χ0) is 23.3. The SMILES string of the molecule is CCOC(=O)c1cccc(-n2c(C)cc(/C=N\N3C(=O)[C@@H]4[C@@H](C3=O)[C@H]3C=C[C@H]4CC3)c2C)c1. The van der Waals surface area contributed by atoms with Gasteiger partial charge < -0.3 is 9.30 Å². The van der Waals surface area contributed by atoms with Gasteiger partial charge in [0.15, 0.2) is 0 Å². The molecule has 1 aromatic carbocycles. The highest BCUT2D eigenvalue weighted by Gasteiger charge is 2.56. The number of hydrogen-bond acceptors (Lipinski definition) is 5. The second-order valence-corrected chi connectivity index (χ2v) is 9.01. The van der Waals surface area contributed by atoms with Gasteiger partial charge in [0, 0.05) is 22.6 Å². The lowest BCUT2D eigenvalue weighted by Crippen LogP contribution is -2.38. The third-order valence-corrected chi connectivity index (χ3v) is 7.13. The van der Waals surface area contributed by atoms with Crippen LogP contribution in [0.1, 0.15) is 47.1 Å². The number of carbonyl (C=O) groups excluding carboxylic acids is 3. The van der Waals surface area contributed by atoms with E-state index in [2.05, 4.69) is 17.3 Å². The molecule has 170 valence electrons. The van der Waals surface area contributed by atoms with E-state index in [1.807, 2.05) is 36.6 Å². The first kappa shape index (κ1) is 21.4. The molecule has 2 amide bonds. The molecular formula is C26H27N3O4. The number of esters is 1. The molecule has 1 saturated carbocycles. The van der Waals surface area contributed by atoms with Gasteiger partial charge in [-0.15, -0.1) is 0 Å². The molecule has 3 aliphatic carbocycles. The highest BCUT2D eigenvalue weighted by molar-refractivity contribution is 6.06. The lowest BCUT2D eigenvalue weighted by Gasteiger charge is -2.37. The van der Waals surface area contributed by atoms with Crippen molar-refractivity contribution >= 4 is 24.0 Å². The number of benzene rings is 1. The molecule has 0 spiro atoms. The fourth-order valence-corrected chi connectivity index (χ4v) is 5.59. The maximum atomic E-state index is 13.0. The summed E-state index contributed by atoms with van der Waals surface area (Å²) < 4.78 is 7.13. The van der Waals surface area contributed by atoms with Crippen molar-refractivity contribution in [2.24, 2.45) is 28.8 Å². The highest BCUT2D eigenvalue weighted by atomic mass is 16.5. The molecule has 1 aliphatic heterocycles. The first-order valence-corrected chi connectivity index (χ1v) is 11.5. The first-order valence-electron chi connectivity index (χ1n) is 11.5. The minimum atomic E-state index is -0.361. The van der Waals surface area contributed by atoms with E-state index in [0.717, 1.165) is 40.5 Å². The molecule has 33 heavy (non-hydrogen) atoms. The fraction of sp³-hybridized carbons (Fsp3) is 0.385. The van der Waals surface area contributed by atoms with E-state index < -0.39 is 0 Å². The Labute approximate surface area is 192 Å². The smallest absolute Gasteiger partial charge is 0.338 e. The summed E-state index contributed by atoms with van der Waals surface area (Å²) in [5.74, 6) is -0.971. The minimum Gasteiger partial charge on any atom is -0.462 e. The van der Waals surface area contributed by atoms with Gasteiger partial charge in [-0.3, -0.25) is 9.59 Å². The van der Waals surface area contributed by atoms with Gasteiger partial charge >= 0.3 is 5.97 Å². The van der Waals surface area contributed by atoms with Crippen LogP contribution in [0.25, 0.3) is 5.69 Å². The molecule has 1 aromatic heterocycles. The van der Waals surface area contributed by atoms with Crippen LogP contribution >= 0.6 is 0 Å². The first-order chi connectivity index (χ1) is 15.9. The summed E-state index contributed by atoms with van der Waals surface area (Å²) in [6, 6.07) is 9.22. The van der Waals surface area contributed by atoms with Gasteiger partial charge in [-0.1, -0.05) is 18.2 Å². The average molecular weight is 446 g/mol. The van der Waals surface area contributed by atoms with Gasteiger partial charge in [-0.2, -0.15) is 10.1 Å². The molecule has 0 N–H and O–H groups in total. The number of carbonyl (C=O) groups is 3. The Balaban J connectivity index is 1.42. The summed E-state index contributed by atoms with van der Waals surface area (Å²) in [5.41, 5.74) is 3.97. The Morgan fingerprint density at radius 1 is 1.09 bits per heavy atom. The largest absolute Gasteiger partial charge is 0.462 e. The average Bonchev–Trinajstić information content (AvgIpc) is 3.26. The standard InChI is InChI=1S/C26H27N3O4/c1-4-33-26(32)19-6-5-7-21(13-19)28-15(2)12-20(16(28)3)14-27-29-24(30)22-17-8-9-18(11-10-17)23(22)25(29)31/h5-9,12-14,17-18,22-23H,4,10-11H2,1-3H3/b27-14-/t17-,18-,22-,23-/m0/s1. The van der Waals surface area contributed by atoms with Crippen LogP contribution in [0, 0.1) is 37.5 Å². The maximum Gasteiger partial charge on any atom is 0.338 e. The molecular weight excluding hydrogens is 418 g/mol. The van der Waals surface area contributed by atoms with Gasteiger partial charge in [0.05, 0.1) is 30.2 Å². The van der Waals surface area contributed by atoms with Gasteiger partial charge in [-0.05, 0) is 69.7 Å². The van der Waals surface area contributed by atoms with Crippen molar-refractivity contribution in [3.05, 3.63) is 65.0 Å². The van der Waals surface area contributed by atoms with Crippen molar-refractivity contribution < 1.29 is 19.1 Å².